The van der Waals surface area contributed by atoms with Crippen LogP contribution in [0.4, 0.5) is 0 Å². The third kappa shape index (κ3) is 3.11. The summed E-state index contributed by atoms with van der Waals surface area (Å²) in [5.41, 5.74) is 1.32. The predicted molar refractivity (Wildman–Crippen MR) is 64.6 cm³/mol. The normalized spacial score (nSPS) is 24.9. The fourth-order valence-corrected chi connectivity index (χ4v) is 2.07. The van der Waals surface area contributed by atoms with Crippen molar-refractivity contribution in [2.45, 2.75) is 13.3 Å². The topological polar surface area (TPSA) is 32.3 Å². The van der Waals surface area contributed by atoms with Crippen molar-refractivity contribution < 1.29 is 5.11 Å². The van der Waals surface area contributed by atoms with E-state index in [2.05, 4.69) is 12.2 Å². The third-order valence-electron chi connectivity index (χ3n) is 3.11. The third-order valence-corrected chi connectivity index (χ3v) is 3.11. The fraction of sp³-hybridized carbons (Fsp3) is 0.500. The smallest absolute Gasteiger partial charge is 0.115 e. The minimum absolute atomic E-state index is 0. The summed E-state index contributed by atoms with van der Waals surface area (Å²) < 4.78 is 0. The summed E-state index contributed by atoms with van der Waals surface area (Å²) in [5, 5.41) is 12.6. The van der Waals surface area contributed by atoms with Gasteiger partial charge in [-0.15, -0.1) is 12.4 Å². The van der Waals surface area contributed by atoms with Crippen LogP contribution >= 0.6 is 12.4 Å². The Balaban J connectivity index is 0.00000112. The SMILES string of the molecule is C[C@H]1CNC[C@H]1Cc1ccc(O)cc1.Cl. The van der Waals surface area contributed by atoms with Crippen LogP contribution in [0.5, 0.6) is 5.75 Å². The highest BCUT2D eigenvalue weighted by Gasteiger charge is 2.22. The molecule has 1 aliphatic rings. The lowest BCUT2D eigenvalue weighted by atomic mass is 9.91. The van der Waals surface area contributed by atoms with Crippen molar-refractivity contribution in [2.24, 2.45) is 11.8 Å². The summed E-state index contributed by atoms with van der Waals surface area (Å²) in [6.45, 7) is 4.57. The lowest BCUT2D eigenvalue weighted by Crippen LogP contribution is -2.12. The lowest BCUT2D eigenvalue weighted by molar-refractivity contribution is 0.449. The average Bonchev–Trinajstić information content (AvgIpc) is 2.56. The number of hydrogen-bond acceptors (Lipinski definition) is 2. The molecule has 0 amide bonds. The minimum Gasteiger partial charge on any atom is -0.508 e. The Morgan fingerprint density at radius 3 is 2.47 bits per heavy atom. The second-order valence-electron chi connectivity index (χ2n) is 4.27. The van der Waals surface area contributed by atoms with E-state index in [1.165, 1.54) is 5.56 Å². The van der Waals surface area contributed by atoms with Crippen LogP contribution in [0.2, 0.25) is 0 Å². The molecule has 0 spiro atoms. The highest BCUT2D eigenvalue weighted by Crippen LogP contribution is 2.21. The molecule has 0 aliphatic carbocycles. The van der Waals surface area contributed by atoms with Gasteiger partial charge in [0.1, 0.15) is 5.75 Å². The van der Waals surface area contributed by atoms with Crippen LogP contribution in [0.15, 0.2) is 24.3 Å². The van der Waals surface area contributed by atoms with Gasteiger partial charge >= 0.3 is 0 Å². The van der Waals surface area contributed by atoms with Crippen LogP contribution in [0.25, 0.3) is 0 Å². The first-order valence-electron chi connectivity index (χ1n) is 5.24. The molecule has 1 fully saturated rings. The van der Waals surface area contributed by atoms with Gasteiger partial charge in [0.15, 0.2) is 0 Å². The van der Waals surface area contributed by atoms with E-state index in [1.54, 1.807) is 12.1 Å². The zero-order valence-electron chi connectivity index (χ0n) is 8.94. The maximum absolute atomic E-state index is 9.16. The van der Waals surface area contributed by atoms with Crippen LogP contribution in [0.1, 0.15) is 12.5 Å². The van der Waals surface area contributed by atoms with Gasteiger partial charge < -0.3 is 10.4 Å². The molecule has 3 heteroatoms. The maximum Gasteiger partial charge on any atom is 0.115 e. The molecule has 2 rings (SSSR count). The van der Waals surface area contributed by atoms with Crippen molar-refractivity contribution in [1.82, 2.24) is 5.32 Å². The van der Waals surface area contributed by atoms with E-state index in [0.29, 0.717) is 5.75 Å². The first kappa shape index (κ1) is 12.3. The Hall–Kier alpha value is -0.730. The molecule has 1 saturated heterocycles. The van der Waals surface area contributed by atoms with Gasteiger partial charge in [-0.25, -0.2) is 0 Å². The summed E-state index contributed by atoms with van der Waals surface area (Å²) in [5.74, 6) is 1.87. The Morgan fingerprint density at radius 2 is 1.93 bits per heavy atom. The zero-order chi connectivity index (χ0) is 9.97. The molecule has 0 aromatic heterocycles. The first-order chi connectivity index (χ1) is 6.75. The number of phenols is 1. The van der Waals surface area contributed by atoms with E-state index in [4.69, 9.17) is 5.11 Å². The molecule has 2 nitrogen and oxygen atoms in total. The van der Waals surface area contributed by atoms with Crippen LogP contribution in [-0.4, -0.2) is 18.2 Å². The van der Waals surface area contributed by atoms with E-state index in [-0.39, 0.29) is 12.4 Å². The largest absolute Gasteiger partial charge is 0.508 e. The van der Waals surface area contributed by atoms with Crippen LogP contribution in [0, 0.1) is 11.8 Å². The number of rotatable bonds is 2. The molecule has 0 radical (unpaired) electrons. The monoisotopic (exact) mass is 227 g/mol. The molecule has 1 aromatic carbocycles. The molecule has 1 heterocycles. The van der Waals surface area contributed by atoms with Gasteiger partial charge in [0.2, 0.25) is 0 Å². The fourth-order valence-electron chi connectivity index (χ4n) is 2.07. The van der Waals surface area contributed by atoms with Gasteiger partial charge in [-0.05, 0) is 49.0 Å². The molecule has 15 heavy (non-hydrogen) atoms. The van der Waals surface area contributed by atoms with E-state index in [0.717, 1.165) is 31.3 Å². The highest BCUT2D eigenvalue weighted by atomic mass is 35.5. The van der Waals surface area contributed by atoms with Crippen molar-refractivity contribution in [3.8, 4) is 5.75 Å². The van der Waals surface area contributed by atoms with Crippen molar-refractivity contribution in [2.75, 3.05) is 13.1 Å². The van der Waals surface area contributed by atoms with Gasteiger partial charge in [-0.3, -0.25) is 0 Å². The molecular weight excluding hydrogens is 210 g/mol. The van der Waals surface area contributed by atoms with Gasteiger partial charge in [0.25, 0.3) is 0 Å². The second-order valence-corrected chi connectivity index (χ2v) is 4.27. The molecule has 0 bridgehead atoms. The number of phenolic OH excluding ortho intramolecular Hbond substituents is 1. The molecule has 2 atom stereocenters. The molecule has 0 saturated carbocycles. The minimum atomic E-state index is 0. The van der Waals surface area contributed by atoms with Gasteiger partial charge in [0.05, 0.1) is 0 Å². The number of halogens is 1. The van der Waals surface area contributed by atoms with E-state index in [1.807, 2.05) is 12.1 Å². The standard InChI is InChI=1S/C12H17NO.ClH/c1-9-7-13-8-11(9)6-10-2-4-12(14)5-3-10;/h2-5,9,11,13-14H,6-8H2,1H3;1H/t9-,11+;/m0./s1. The van der Waals surface area contributed by atoms with E-state index >= 15 is 0 Å². The van der Waals surface area contributed by atoms with Crippen molar-refractivity contribution in [3.63, 3.8) is 0 Å². The van der Waals surface area contributed by atoms with Gasteiger partial charge in [-0.1, -0.05) is 19.1 Å². The summed E-state index contributed by atoms with van der Waals surface area (Å²) >= 11 is 0. The Morgan fingerprint density at radius 1 is 1.27 bits per heavy atom. The number of benzene rings is 1. The van der Waals surface area contributed by atoms with Crippen LogP contribution in [-0.2, 0) is 6.42 Å². The molecule has 2 N–H and O–H groups in total. The molecule has 84 valence electrons. The van der Waals surface area contributed by atoms with Crippen LogP contribution in [0.3, 0.4) is 0 Å². The quantitative estimate of drug-likeness (QED) is 0.812. The van der Waals surface area contributed by atoms with Crippen LogP contribution < -0.4 is 5.32 Å². The molecular formula is C12H18ClNO. The first-order valence-corrected chi connectivity index (χ1v) is 5.24. The zero-order valence-corrected chi connectivity index (χ0v) is 9.76. The Labute approximate surface area is 97.1 Å². The summed E-state index contributed by atoms with van der Waals surface area (Å²) in [4.78, 5) is 0. The number of hydrogen-bond donors (Lipinski definition) is 2. The maximum atomic E-state index is 9.16. The average molecular weight is 228 g/mol. The Bertz CT molecular complexity index is 299. The van der Waals surface area contributed by atoms with Crippen molar-refractivity contribution >= 4 is 12.4 Å². The van der Waals surface area contributed by atoms with Gasteiger partial charge in [0, 0.05) is 0 Å². The molecule has 0 unspecified atom stereocenters. The highest BCUT2D eigenvalue weighted by molar-refractivity contribution is 5.85. The predicted octanol–water partition coefficient (Wildman–Crippen LogP) is 2.21. The summed E-state index contributed by atoms with van der Waals surface area (Å²) in [6, 6.07) is 7.56. The van der Waals surface area contributed by atoms with E-state index in [9.17, 15) is 0 Å². The summed E-state index contributed by atoms with van der Waals surface area (Å²) in [6.07, 6.45) is 1.12. The summed E-state index contributed by atoms with van der Waals surface area (Å²) in [7, 11) is 0. The van der Waals surface area contributed by atoms with Crippen molar-refractivity contribution in [3.05, 3.63) is 29.8 Å². The molecule has 1 aliphatic heterocycles. The Kier molecular flexibility index (Phi) is 4.43. The number of aromatic hydroxyl groups is 1. The lowest BCUT2D eigenvalue weighted by Gasteiger charge is -2.13. The van der Waals surface area contributed by atoms with Gasteiger partial charge in [-0.2, -0.15) is 0 Å². The van der Waals surface area contributed by atoms with E-state index < -0.39 is 0 Å². The number of nitrogens with one attached hydrogen (secondary N) is 1. The molecule has 1 aromatic rings. The van der Waals surface area contributed by atoms with Crippen molar-refractivity contribution in [1.29, 1.82) is 0 Å². The second kappa shape index (κ2) is 5.38.